The standard InChI is InChI=1S/C38H38N8O2/c1-48-33-14-27(38(47)45-21-28-10-26-13-31(45)34(26)28)11-30-35(33)46(20-23-6-8-43(18-23)29-9-24(15-39)16-40-17-29)37(42-30)32-12-25-3-2-7-41-36(25)44(32)19-22-4-5-22/h2-3,7,9,11-12,14,16-17,22-23,26,28,31,34H,4-6,8,10,13,18-21H2,1H3/t23-,26?,28?,31?,34+/m0/s1. The van der Waals surface area contributed by atoms with Gasteiger partial charge in [0.1, 0.15) is 23.0 Å². The van der Waals surface area contributed by atoms with Gasteiger partial charge in [-0.1, -0.05) is 0 Å². The maximum absolute atomic E-state index is 14.1. The molecule has 48 heavy (non-hydrogen) atoms. The molecule has 0 radical (unpaired) electrons. The van der Waals surface area contributed by atoms with Crippen molar-refractivity contribution >= 4 is 33.7 Å². The van der Waals surface area contributed by atoms with Gasteiger partial charge in [-0.05, 0) is 98.1 Å². The van der Waals surface area contributed by atoms with Crippen molar-refractivity contribution in [2.45, 2.75) is 51.2 Å². The van der Waals surface area contributed by atoms with E-state index in [1.165, 1.54) is 19.3 Å². The number of imidazole rings is 1. The van der Waals surface area contributed by atoms with Gasteiger partial charge in [0.15, 0.2) is 5.82 Å². The second-order valence-corrected chi connectivity index (χ2v) is 14.8. The van der Waals surface area contributed by atoms with Gasteiger partial charge in [-0.2, -0.15) is 5.26 Å². The van der Waals surface area contributed by atoms with Gasteiger partial charge >= 0.3 is 0 Å². The van der Waals surface area contributed by atoms with Crippen LogP contribution in [0.2, 0.25) is 0 Å². The lowest BCUT2D eigenvalue weighted by molar-refractivity contribution is -0.0204. The first-order valence-electron chi connectivity index (χ1n) is 17.5. The van der Waals surface area contributed by atoms with Gasteiger partial charge in [-0.3, -0.25) is 9.78 Å². The molecule has 6 heterocycles. The third kappa shape index (κ3) is 4.29. The molecule has 0 N–H and O–H groups in total. The van der Waals surface area contributed by atoms with Crippen molar-refractivity contribution in [3.63, 3.8) is 0 Å². The summed E-state index contributed by atoms with van der Waals surface area (Å²) in [5.74, 6) is 4.91. The molecule has 3 saturated carbocycles. The molecule has 10 rings (SSSR count). The average molecular weight is 639 g/mol. The number of pyridine rings is 2. The van der Waals surface area contributed by atoms with Gasteiger partial charge in [-0.25, -0.2) is 9.97 Å². The number of ether oxygens (including phenoxy) is 1. The molecule has 1 aromatic carbocycles. The Hall–Kier alpha value is -4.91. The Bertz CT molecular complexity index is 2160. The highest BCUT2D eigenvalue weighted by molar-refractivity contribution is 6.00. The number of amides is 1. The number of methoxy groups -OCH3 is 1. The summed E-state index contributed by atoms with van der Waals surface area (Å²) in [5.41, 5.74) is 5.98. The number of hydrogen-bond donors (Lipinski definition) is 0. The zero-order chi connectivity index (χ0) is 32.1. The van der Waals surface area contributed by atoms with Crippen molar-refractivity contribution in [2.24, 2.45) is 29.6 Å². The van der Waals surface area contributed by atoms with Crippen LogP contribution in [0.25, 0.3) is 33.6 Å². The van der Waals surface area contributed by atoms with Gasteiger partial charge in [0.25, 0.3) is 5.91 Å². The number of aromatic nitrogens is 5. The first-order chi connectivity index (χ1) is 23.6. The third-order valence-electron chi connectivity index (χ3n) is 12.0. The van der Waals surface area contributed by atoms with Crippen LogP contribution in [0.5, 0.6) is 5.75 Å². The number of carbonyl (C=O) groups is 1. The number of fused-ring (bicyclic) bond motifs is 2. The van der Waals surface area contributed by atoms with Crippen LogP contribution in [-0.2, 0) is 13.1 Å². The van der Waals surface area contributed by atoms with Crippen LogP contribution in [0.1, 0.15) is 48.0 Å². The molecule has 5 aliphatic rings. The Kier molecular flexibility index (Phi) is 6.18. The number of nitrogens with zero attached hydrogens (tertiary/aromatic N) is 8. The number of benzene rings is 1. The molecule has 5 fully saturated rings. The lowest BCUT2D eigenvalue weighted by Crippen LogP contribution is -2.53. The number of hydrogen-bond acceptors (Lipinski definition) is 7. The van der Waals surface area contributed by atoms with Crippen LogP contribution < -0.4 is 9.64 Å². The second kappa shape index (κ2) is 10.5. The van der Waals surface area contributed by atoms with Crippen LogP contribution in [-0.4, -0.2) is 67.7 Å². The predicted molar refractivity (Wildman–Crippen MR) is 182 cm³/mol. The number of rotatable bonds is 8. The van der Waals surface area contributed by atoms with Gasteiger partial charge in [-0.15, -0.1) is 0 Å². The lowest BCUT2D eigenvalue weighted by atomic mass is 9.53. The minimum absolute atomic E-state index is 0.107. The summed E-state index contributed by atoms with van der Waals surface area (Å²) in [4.78, 5) is 33.0. The molecule has 10 nitrogen and oxygen atoms in total. The van der Waals surface area contributed by atoms with Crippen LogP contribution in [0, 0.1) is 40.9 Å². The molecule has 4 aromatic heterocycles. The van der Waals surface area contributed by atoms with Crippen molar-refractivity contribution in [3.8, 4) is 23.3 Å². The zero-order valence-electron chi connectivity index (χ0n) is 27.1. The summed E-state index contributed by atoms with van der Waals surface area (Å²) >= 11 is 0. The molecule has 5 aromatic rings. The maximum Gasteiger partial charge on any atom is 0.254 e. The normalized spacial score (nSPS) is 25.6. The molecule has 0 spiro atoms. The predicted octanol–water partition coefficient (Wildman–Crippen LogP) is 5.75. The van der Waals surface area contributed by atoms with E-state index in [-0.39, 0.29) is 5.91 Å². The van der Waals surface area contributed by atoms with E-state index in [1.54, 1.807) is 13.3 Å². The summed E-state index contributed by atoms with van der Waals surface area (Å²) in [7, 11) is 1.70. The molecule has 2 saturated heterocycles. The van der Waals surface area contributed by atoms with Crippen molar-refractivity contribution < 1.29 is 9.53 Å². The topological polar surface area (TPSA) is 105 Å². The molecular weight excluding hydrogens is 600 g/mol. The monoisotopic (exact) mass is 638 g/mol. The van der Waals surface area contributed by atoms with E-state index in [1.807, 2.05) is 36.7 Å². The van der Waals surface area contributed by atoms with Gasteiger partial charge < -0.3 is 23.7 Å². The highest BCUT2D eigenvalue weighted by Crippen LogP contribution is 2.60. The summed E-state index contributed by atoms with van der Waals surface area (Å²) in [5, 5.41) is 10.6. The summed E-state index contributed by atoms with van der Waals surface area (Å²) in [6.07, 6.45) is 11.2. The minimum atomic E-state index is 0.107. The summed E-state index contributed by atoms with van der Waals surface area (Å²) in [6, 6.07) is 14.9. The fraction of sp³-hybridized carbons (Fsp3) is 0.447. The van der Waals surface area contributed by atoms with Gasteiger partial charge in [0.2, 0.25) is 0 Å². The average Bonchev–Trinajstić information content (AvgIpc) is 3.50. The molecule has 3 aliphatic carbocycles. The number of likely N-dealkylation sites (tertiary alicyclic amines) is 1. The van der Waals surface area contributed by atoms with Crippen LogP contribution >= 0.6 is 0 Å². The molecule has 0 bridgehead atoms. The smallest absolute Gasteiger partial charge is 0.254 e. The van der Waals surface area contributed by atoms with Gasteiger partial charge in [0, 0.05) is 62.1 Å². The quantitative estimate of drug-likeness (QED) is 0.213. The number of nitriles is 1. The fourth-order valence-electron chi connectivity index (χ4n) is 9.40. The number of carbonyl (C=O) groups excluding carboxylic acids is 1. The van der Waals surface area contributed by atoms with E-state index in [9.17, 15) is 10.1 Å². The maximum atomic E-state index is 14.1. The molecule has 2 aliphatic heterocycles. The molecule has 10 heteroatoms. The summed E-state index contributed by atoms with van der Waals surface area (Å²) in [6.45, 7) is 4.28. The Labute approximate surface area is 278 Å². The highest BCUT2D eigenvalue weighted by Gasteiger charge is 2.61. The van der Waals surface area contributed by atoms with Crippen LogP contribution in [0.4, 0.5) is 5.69 Å². The van der Waals surface area contributed by atoms with E-state index in [4.69, 9.17) is 14.7 Å². The minimum Gasteiger partial charge on any atom is -0.494 e. The lowest BCUT2D eigenvalue weighted by Gasteiger charge is -2.52. The zero-order valence-corrected chi connectivity index (χ0v) is 27.1. The molecule has 5 atom stereocenters. The Morgan fingerprint density at radius 2 is 1.92 bits per heavy atom. The van der Waals surface area contributed by atoms with E-state index in [0.29, 0.717) is 40.7 Å². The van der Waals surface area contributed by atoms with Crippen molar-refractivity contribution in [3.05, 3.63) is 66.1 Å². The SMILES string of the molecule is COc1cc(C(=O)N2CC3CC4CC2[C@H]43)cc2nc(-c3cc4cccnc4n3CC3CC3)n(C[C@H]3CCN(c4cncc(C#N)c4)C3)c12. The van der Waals surface area contributed by atoms with Crippen molar-refractivity contribution in [1.82, 2.24) is 29.0 Å². The van der Waals surface area contributed by atoms with E-state index >= 15 is 0 Å². The van der Waals surface area contributed by atoms with Crippen LogP contribution in [0.15, 0.2) is 55.0 Å². The molecule has 242 valence electrons. The highest BCUT2D eigenvalue weighted by atomic mass is 16.5. The fourth-order valence-corrected chi connectivity index (χ4v) is 9.40. The molecular formula is C38H38N8O2. The van der Waals surface area contributed by atoms with E-state index < -0.39 is 0 Å². The molecule has 1 amide bonds. The van der Waals surface area contributed by atoms with E-state index in [2.05, 4.69) is 42.1 Å². The first kappa shape index (κ1) is 28.1. The Balaban J connectivity index is 1.07. The third-order valence-corrected chi connectivity index (χ3v) is 12.0. The number of anilines is 1. The largest absolute Gasteiger partial charge is 0.494 e. The van der Waals surface area contributed by atoms with Crippen molar-refractivity contribution in [2.75, 3.05) is 31.6 Å². The van der Waals surface area contributed by atoms with Gasteiger partial charge in [0.05, 0.1) is 35.8 Å². The summed E-state index contributed by atoms with van der Waals surface area (Å²) < 4.78 is 10.8. The van der Waals surface area contributed by atoms with Crippen LogP contribution in [0.3, 0.4) is 0 Å². The van der Waals surface area contributed by atoms with Crippen molar-refractivity contribution in [1.29, 1.82) is 5.26 Å². The Morgan fingerprint density at radius 3 is 2.73 bits per heavy atom. The first-order valence-corrected chi connectivity index (χ1v) is 17.5. The molecule has 3 unspecified atom stereocenters. The van der Waals surface area contributed by atoms with E-state index in [0.717, 1.165) is 96.7 Å². The second-order valence-electron chi connectivity index (χ2n) is 14.8. The Morgan fingerprint density at radius 1 is 1.02 bits per heavy atom.